The molecule has 0 atom stereocenters. The molecule has 0 amide bonds. The van der Waals surface area contributed by atoms with Gasteiger partial charge >= 0.3 is 5.69 Å². The van der Waals surface area contributed by atoms with Crippen LogP contribution in [-0.2, 0) is 4.74 Å². The Hall–Kier alpha value is -1.93. The highest BCUT2D eigenvalue weighted by molar-refractivity contribution is 5.60. The lowest BCUT2D eigenvalue weighted by atomic mass is 10.3. The van der Waals surface area contributed by atoms with E-state index < -0.39 is 4.92 Å². The summed E-state index contributed by atoms with van der Waals surface area (Å²) in [6.07, 6.45) is 0.671. The summed E-state index contributed by atoms with van der Waals surface area (Å²) in [6.45, 7) is 3.90. The molecule has 20 heavy (non-hydrogen) atoms. The second-order valence-electron chi connectivity index (χ2n) is 3.97. The summed E-state index contributed by atoms with van der Waals surface area (Å²) in [5.74, 6) is 0.840. The average molecular weight is 284 g/mol. The van der Waals surface area contributed by atoms with Gasteiger partial charge in [-0.1, -0.05) is 0 Å². The molecule has 0 spiro atoms. The summed E-state index contributed by atoms with van der Waals surface area (Å²) in [7, 11) is 0. The molecule has 1 rings (SSSR count). The van der Waals surface area contributed by atoms with Crippen LogP contribution in [0.25, 0.3) is 0 Å². The van der Waals surface area contributed by atoms with Crippen LogP contribution in [0.5, 0.6) is 0 Å². The maximum Gasteiger partial charge on any atom is 0.311 e. The number of ether oxygens (including phenoxy) is 1. The molecule has 0 saturated heterocycles. The van der Waals surface area contributed by atoms with Gasteiger partial charge in [0.05, 0.1) is 18.1 Å². The number of anilines is 2. The number of hydrogen-bond acceptors (Lipinski definition) is 7. The maximum atomic E-state index is 10.9. The Labute approximate surface area is 117 Å². The van der Waals surface area contributed by atoms with Crippen LogP contribution in [0, 0.1) is 10.1 Å². The van der Waals surface area contributed by atoms with Crippen LogP contribution in [0.1, 0.15) is 13.3 Å². The Bertz CT molecular complexity index is 428. The molecular formula is C12H20N4O4. The minimum atomic E-state index is -0.465. The third-order valence-corrected chi connectivity index (χ3v) is 2.42. The van der Waals surface area contributed by atoms with Gasteiger partial charge in [-0.3, -0.25) is 10.1 Å². The van der Waals surface area contributed by atoms with Crippen LogP contribution in [0.2, 0.25) is 0 Å². The van der Waals surface area contributed by atoms with E-state index >= 15 is 0 Å². The van der Waals surface area contributed by atoms with Crippen molar-refractivity contribution in [2.24, 2.45) is 0 Å². The molecule has 1 aromatic rings. The van der Waals surface area contributed by atoms with E-state index in [1.165, 1.54) is 6.07 Å². The standard InChI is InChI=1S/C12H20N4O4/c1-2-13-11-5-4-10(16(18)19)12(15-11)14-6-3-8-20-9-7-17/h4-5,17H,2-3,6-9H2,1H3,(H2,13,14,15). The van der Waals surface area contributed by atoms with Crippen molar-refractivity contribution in [2.45, 2.75) is 13.3 Å². The van der Waals surface area contributed by atoms with Crippen LogP contribution in [0.4, 0.5) is 17.3 Å². The minimum Gasteiger partial charge on any atom is -0.394 e. The second kappa shape index (κ2) is 9.05. The molecule has 0 saturated carbocycles. The number of rotatable bonds is 10. The predicted octanol–water partition coefficient (Wildman–Crippen LogP) is 1.23. The van der Waals surface area contributed by atoms with E-state index in [9.17, 15) is 10.1 Å². The first-order valence-corrected chi connectivity index (χ1v) is 6.50. The molecule has 112 valence electrons. The van der Waals surface area contributed by atoms with Crippen LogP contribution >= 0.6 is 0 Å². The van der Waals surface area contributed by atoms with E-state index in [0.717, 1.165) is 0 Å². The summed E-state index contributed by atoms with van der Waals surface area (Å²) in [5, 5.41) is 25.4. The Kier molecular flexibility index (Phi) is 7.30. The van der Waals surface area contributed by atoms with E-state index in [2.05, 4.69) is 15.6 Å². The molecule has 0 aliphatic heterocycles. The number of nitrogens with zero attached hydrogens (tertiary/aromatic N) is 2. The van der Waals surface area contributed by atoms with Gasteiger partial charge in [0.2, 0.25) is 5.82 Å². The van der Waals surface area contributed by atoms with Crippen molar-refractivity contribution in [2.75, 3.05) is 43.5 Å². The topological polar surface area (TPSA) is 110 Å². The van der Waals surface area contributed by atoms with Crippen LogP contribution in [0.3, 0.4) is 0 Å². The zero-order valence-corrected chi connectivity index (χ0v) is 11.5. The van der Waals surface area contributed by atoms with Crippen LogP contribution in [0.15, 0.2) is 12.1 Å². The highest BCUT2D eigenvalue weighted by atomic mass is 16.6. The van der Waals surface area contributed by atoms with E-state index in [1.54, 1.807) is 6.07 Å². The van der Waals surface area contributed by atoms with Gasteiger partial charge in [0.25, 0.3) is 0 Å². The van der Waals surface area contributed by atoms with Crippen LogP contribution < -0.4 is 10.6 Å². The lowest BCUT2D eigenvalue weighted by molar-refractivity contribution is -0.384. The summed E-state index contributed by atoms with van der Waals surface area (Å²) < 4.78 is 5.10. The van der Waals surface area contributed by atoms with E-state index in [-0.39, 0.29) is 18.1 Å². The van der Waals surface area contributed by atoms with E-state index in [4.69, 9.17) is 9.84 Å². The molecular weight excluding hydrogens is 264 g/mol. The summed E-state index contributed by atoms with van der Waals surface area (Å²) in [6, 6.07) is 3.01. The van der Waals surface area contributed by atoms with Gasteiger partial charge in [-0.15, -0.1) is 0 Å². The van der Waals surface area contributed by atoms with Gasteiger partial charge in [-0.25, -0.2) is 4.98 Å². The lowest BCUT2D eigenvalue weighted by Gasteiger charge is -2.09. The van der Waals surface area contributed by atoms with Crippen molar-refractivity contribution in [3.05, 3.63) is 22.2 Å². The van der Waals surface area contributed by atoms with Gasteiger partial charge in [0.15, 0.2) is 0 Å². The number of nitrogens with one attached hydrogen (secondary N) is 2. The smallest absolute Gasteiger partial charge is 0.311 e. The highest BCUT2D eigenvalue weighted by Crippen LogP contribution is 2.23. The second-order valence-corrected chi connectivity index (χ2v) is 3.97. The van der Waals surface area contributed by atoms with Crippen molar-refractivity contribution in [1.29, 1.82) is 0 Å². The first kappa shape index (κ1) is 16.1. The predicted molar refractivity (Wildman–Crippen MR) is 76.1 cm³/mol. The molecule has 1 heterocycles. The molecule has 0 fully saturated rings. The molecule has 0 aliphatic carbocycles. The fraction of sp³-hybridized carbons (Fsp3) is 0.583. The fourth-order valence-corrected chi connectivity index (χ4v) is 1.56. The molecule has 0 radical (unpaired) electrons. The third-order valence-electron chi connectivity index (χ3n) is 2.42. The van der Waals surface area contributed by atoms with Crippen LogP contribution in [-0.4, -0.2) is 47.9 Å². The zero-order chi connectivity index (χ0) is 14.8. The Balaban J connectivity index is 2.56. The van der Waals surface area contributed by atoms with Gasteiger partial charge in [0.1, 0.15) is 5.82 Å². The third kappa shape index (κ3) is 5.37. The first-order chi connectivity index (χ1) is 9.69. The van der Waals surface area contributed by atoms with Gasteiger partial charge in [-0.2, -0.15) is 0 Å². The van der Waals surface area contributed by atoms with Crippen molar-refractivity contribution < 1.29 is 14.8 Å². The van der Waals surface area contributed by atoms with Crippen molar-refractivity contribution in [3.8, 4) is 0 Å². The minimum absolute atomic E-state index is 0.00874. The summed E-state index contributed by atoms with van der Waals surface area (Å²) >= 11 is 0. The largest absolute Gasteiger partial charge is 0.394 e. The number of aliphatic hydroxyl groups is 1. The normalized spacial score (nSPS) is 10.3. The summed E-state index contributed by atoms with van der Waals surface area (Å²) in [5.41, 5.74) is -0.0528. The number of aliphatic hydroxyl groups excluding tert-OH is 1. The lowest BCUT2D eigenvalue weighted by Crippen LogP contribution is -2.11. The van der Waals surface area contributed by atoms with Crippen molar-refractivity contribution in [3.63, 3.8) is 0 Å². The quantitative estimate of drug-likeness (QED) is 0.337. The van der Waals surface area contributed by atoms with Gasteiger partial charge in [0, 0.05) is 25.8 Å². The van der Waals surface area contributed by atoms with Crippen molar-refractivity contribution >= 4 is 17.3 Å². The maximum absolute atomic E-state index is 10.9. The van der Waals surface area contributed by atoms with Gasteiger partial charge < -0.3 is 20.5 Å². The Morgan fingerprint density at radius 3 is 2.85 bits per heavy atom. The molecule has 0 bridgehead atoms. The first-order valence-electron chi connectivity index (χ1n) is 6.50. The fourth-order valence-electron chi connectivity index (χ4n) is 1.56. The molecule has 0 aromatic carbocycles. The summed E-state index contributed by atoms with van der Waals surface area (Å²) in [4.78, 5) is 14.6. The van der Waals surface area contributed by atoms with E-state index in [0.29, 0.717) is 38.5 Å². The Morgan fingerprint density at radius 1 is 1.40 bits per heavy atom. The molecule has 8 heteroatoms. The average Bonchev–Trinajstić information content (AvgIpc) is 2.43. The monoisotopic (exact) mass is 284 g/mol. The van der Waals surface area contributed by atoms with E-state index in [1.807, 2.05) is 6.92 Å². The molecule has 3 N–H and O–H groups in total. The Morgan fingerprint density at radius 2 is 2.20 bits per heavy atom. The zero-order valence-electron chi connectivity index (χ0n) is 11.5. The van der Waals surface area contributed by atoms with Crippen molar-refractivity contribution in [1.82, 2.24) is 4.98 Å². The molecule has 0 aliphatic rings. The number of aromatic nitrogens is 1. The number of pyridine rings is 1. The number of nitro groups is 1. The van der Waals surface area contributed by atoms with Gasteiger partial charge in [-0.05, 0) is 19.4 Å². The molecule has 1 aromatic heterocycles. The SMILES string of the molecule is CCNc1ccc([N+](=O)[O-])c(NCCCOCCO)n1. The molecule has 8 nitrogen and oxygen atoms in total. The number of hydrogen-bond donors (Lipinski definition) is 3. The highest BCUT2D eigenvalue weighted by Gasteiger charge is 2.15. The molecule has 0 unspecified atom stereocenters.